The predicted molar refractivity (Wildman–Crippen MR) is 184 cm³/mol. The molecule has 4 aliphatic rings. The minimum absolute atomic E-state index is 0.0157. The van der Waals surface area contributed by atoms with Gasteiger partial charge in [-0.05, 0) is 99.5 Å². The summed E-state index contributed by atoms with van der Waals surface area (Å²) < 4.78 is 35.9. The lowest BCUT2D eigenvalue weighted by Gasteiger charge is -2.44. The largest absolute Gasteiger partial charge is 0.508 e. The average molecular weight is 660 g/mol. The summed E-state index contributed by atoms with van der Waals surface area (Å²) in [4.78, 5) is 16.6. The van der Waals surface area contributed by atoms with E-state index in [-0.39, 0.29) is 41.1 Å². The van der Waals surface area contributed by atoms with Gasteiger partial charge in [-0.2, -0.15) is 9.97 Å². The van der Waals surface area contributed by atoms with Crippen LogP contribution in [0.3, 0.4) is 0 Å². The van der Waals surface area contributed by atoms with Gasteiger partial charge in [-0.15, -0.1) is 0 Å². The van der Waals surface area contributed by atoms with Crippen LogP contribution in [0.1, 0.15) is 38.5 Å². The summed E-state index contributed by atoms with van der Waals surface area (Å²) in [7, 11) is -2.41. The Hall–Kier alpha value is -3.30. The Balaban J connectivity index is 1.20. The molecule has 5 heterocycles. The van der Waals surface area contributed by atoms with E-state index in [0.717, 1.165) is 62.4 Å². The fourth-order valence-electron chi connectivity index (χ4n) is 8.90. The van der Waals surface area contributed by atoms with Crippen molar-refractivity contribution in [1.82, 2.24) is 19.8 Å². The van der Waals surface area contributed by atoms with Gasteiger partial charge in [0.25, 0.3) is 0 Å². The monoisotopic (exact) mass is 659 g/mol. The zero-order valence-corrected chi connectivity index (χ0v) is 28.0. The molecule has 8 rings (SSSR count). The van der Waals surface area contributed by atoms with Gasteiger partial charge >= 0.3 is 6.01 Å². The minimum Gasteiger partial charge on any atom is -0.508 e. The number of phenolic OH excluding ortho intramolecular Hbond substituents is 1. The van der Waals surface area contributed by atoms with Gasteiger partial charge in [-0.25, -0.2) is 4.39 Å². The van der Waals surface area contributed by atoms with E-state index < -0.39 is 19.2 Å². The molecule has 9 nitrogen and oxygen atoms in total. The van der Waals surface area contributed by atoms with E-state index in [1.807, 2.05) is 30.3 Å². The number of nitrogens with zero attached hydrogens (tertiary/aromatic N) is 5. The molecule has 248 valence electrons. The number of aliphatic hydroxyl groups is 1. The van der Waals surface area contributed by atoms with Gasteiger partial charge in [0.2, 0.25) is 0 Å². The van der Waals surface area contributed by atoms with Crippen LogP contribution in [-0.2, 0) is 4.57 Å². The maximum Gasteiger partial charge on any atom is 0.319 e. The highest BCUT2D eigenvalue weighted by Gasteiger charge is 2.46. The van der Waals surface area contributed by atoms with Crippen molar-refractivity contribution in [3.63, 3.8) is 0 Å². The van der Waals surface area contributed by atoms with Gasteiger partial charge in [0.15, 0.2) is 5.82 Å². The summed E-state index contributed by atoms with van der Waals surface area (Å²) in [5.74, 6) is 0.221. The van der Waals surface area contributed by atoms with E-state index >= 15 is 4.39 Å². The Kier molecular flexibility index (Phi) is 7.71. The fraction of sp³-hybridized carbons (Fsp3) is 0.500. The summed E-state index contributed by atoms with van der Waals surface area (Å²) >= 11 is 0. The Morgan fingerprint density at radius 3 is 2.45 bits per heavy atom. The number of hydrogen-bond acceptors (Lipinski definition) is 9. The molecule has 4 aliphatic heterocycles. The zero-order chi connectivity index (χ0) is 32.5. The highest BCUT2D eigenvalue weighted by molar-refractivity contribution is 7.62. The number of aromatic nitrogens is 2. The van der Waals surface area contributed by atoms with Crippen LogP contribution in [-0.4, -0.2) is 106 Å². The standard InChI is InChI=1S/C36H43FN5O4P/c1-47(2,45)21-31(44)42-24-9-10-25(42)20-40(19-24)34-29-12-11-28(30-18-26(43)17-23-7-3-4-8-27(23)30)32(37)33(29)38-35(39-34)46-22-36-13-5-15-41(36)16-6-14-36/h3-4,7-8,11-12,17-18,24-25,31,43-44H,5-6,9-10,13-16,19-22H2,1-2H3. The van der Waals surface area contributed by atoms with E-state index in [4.69, 9.17) is 14.7 Å². The Bertz CT molecular complexity index is 1880. The number of aliphatic hydroxyl groups excluding tert-OH is 1. The SMILES string of the molecule is CP(C)(=O)CC(O)N1C2CCC1CN(c1nc(OCC34CCCN3CCC4)nc3c(F)c(-c4cc(O)cc5ccccc45)ccc13)C2. The summed E-state index contributed by atoms with van der Waals surface area (Å²) in [5, 5.41) is 23.9. The summed E-state index contributed by atoms with van der Waals surface area (Å²) in [6.45, 7) is 7.28. The molecule has 11 heteroatoms. The maximum atomic E-state index is 16.9. The van der Waals surface area contributed by atoms with Crippen molar-refractivity contribution in [2.24, 2.45) is 0 Å². The minimum atomic E-state index is -2.41. The van der Waals surface area contributed by atoms with Crippen LogP contribution in [0.2, 0.25) is 0 Å². The van der Waals surface area contributed by atoms with Gasteiger partial charge in [0.05, 0.1) is 12.7 Å². The quantitative estimate of drug-likeness (QED) is 0.224. The number of aromatic hydroxyl groups is 1. The second kappa shape index (κ2) is 11.7. The highest BCUT2D eigenvalue weighted by atomic mass is 31.2. The molecule has 0 amide bonds. The first kappa shape index (κ1) is 31.0. The molecule has 3 aromatic carbocycles. The van der Waals surface area contributed by atoms with Crippen LogP contribution >= 0.6 is 7.14 Å². The molecule has 2 N–H and O–H groups in total. The van der Waals surface area contributed by atoms with Gasteiger partial charge in [0.1, 0.15) is 29.9 Å². The third kappa shape index (κ3) is 5.57. The van der Waals surface area contributed by atoms with Crippen molar-refractivity contribution < 1.29 is 23.9 Å². The first-order valence-electron chi connectivity index (χ1n) is 16.9. The topological polar surface area (TPSA) is 102 Å². The molecule has 4 saturated heterocycles. The highest BCUT2D eigenvalue weighted by Crippen LogP contribution is 2.44. The van der Waals surface area contributed by atoms with E-state index in [0.29, 0.717) is 42.0 Å². The number of ether oxygens (including phenoxy) is 1. The molecule has 3 atom stereocenters. The number of halogens is 1. The van der Waals surface area contributed by atoms with Crippen molar-refractivity contribution in [3.8, 4) is 22.9 Å². The lowest BCUT2D eigenvalue weighted by atomic mass is 9.95. The number of anilines is 1. The summed E-state index contributed by atoms with van der Waals surface area (Å²) in [6.07, 6.45) is 5.80. The van der Waals surface area contributed by atoms with Gasteiger partial charge in [0, 0.05) is 42.3 Å². The third-order valence-electron chi connectivity index (χ3n) is 11.0. The fourth-order valence-corrected chi connectivity index (χ4v) is 9.87. The third-order valence-corrected chi connectivity index (χ3v) is 12.2. The smallest absolute Gasteiger partial charge is 0.319 e. The van der Waals surface area contributed by atoms with Crippen LogP contribution in [0, 0.1) is 5.82 Å². The number of hydrogen-bond donors (Lipinski definition) is 2. The molecule has 0 saturated carbocycles. The predicted octanol–water partition coefficient (Wildman–Crippen LogP) is 5.90. The summed E-state index contributed by atoms with van der Waals surface area (Å²) in [5.41, 5.74) is 1.12. The lowest BCUT2D eigenvalue weighted by molar-refractivity contribution is -0.0204. The second-order valence-corrected chi connectivity index (χ2v) is 18.1. The molecule has 4 fully saturated rings. The molecule has 1 aromatic heterocycles. The maximum absolute atomic E-state index is 16.9. The lowest BCUT2D eigenvalue weighted by Crippen LogP contribution is -2.58. The summed E-state index contributed by atoms with van der Waals surface area (Å²) in [6, 6.07) is 14.9. The van der Waals surface area contributed by atoms with E-state index in [1.165, 1.54) is 0 Å². The normalized spacial score (nSPS) is 23.5. The van der Waals surface area contributed by atoms with Gasteiger partial charge in [-0.3, -0.25) is 9.80 Å². The number of rotatable bonds is 8. The number of fused-ring (bicyclic) bond motifs is 5. The van der Waals surface area contributed by atoms with Crippen LogP contribution in [0.15, 0.2) is 48.5 Å². The Labute approximate surface area is 274 Å². The van der Waals surface area contributed by atoms with Crippen molar-refractivity contribution in [2.45, 2.75) is 62.4 Å². The van der Waals surface area contributed by atoms with Crippen molar-refractivity contribution in [1.29, 1.82) is 0 Å². The molecule has 0 radical (unpaired) electrons. The van der Waals surface area contributed by atoms with Gasteiger partial charge < -0.3 is 24.4 Å². The van der Waals surface area contributed by atoms with Crippen LogP contribution in [0.25, 0.3) is 32.8 Å². The van der Waals surface area contributed by atoms with E-state index in [2.05, 4.69) is 14.7 Å². The molecule has 3 unspecified atom stereocenters. The second-order valence-electron chi connectivity index (χ2n) is 14.5. The Morgan fingerprint density at radius 2 is 1.72 bits per heavy atom. The van der Waals surface area contributed by atoms with Crippen LogP contribution in [0.4, 0.5) is 10.2 Å². The van der Waals surface area contributed by atoms with Crippen LogP contribution < -0.4 is 9.64 Å². The number of phenols is 1. The Morgan fingerprint density at radius 1 is 1.00 bits per heavy atom. The van der Waals surface area contributed by atoms with E-state index in [1.54, 1.807) is 31.5 Å². The molecular weight excluding hydrogens is 616 g/mol. The molecule has 0 spiro atoms. The number of piperazine rings is 1. The van der Waals surface area contributed by atoms with Gasteiger partial charge in [-0.1, -0.05) is 30.3 Å². The number of benzene rings is 3. The van der Waals surface area contributed by atoms with Crippen molar-refractivity contribution >= 4 is 34.6 Å². The first-order valence-corrected chi connectivity index (χ1v) is 19.7. The van der Waals surface area contributed by atoms with Crippen LogP contribution in [0.5, 0.6) is 11.8 Å². The van der Waals surface area contributed by atoms with Crippen molar-refractivity contribution in [3.05, 3.63) is 54.3 Å². The molecule has 2 bridgehead atoms. The average Bonchev–Trinajstić information content (AvgIpc) is 3.69. The van der Waals surface area contributed by atoms with Crippen molar-refractivity contribution in [2.75, 3.05) is 57.2 Å². The molecule has 4 aromatic rings. The molecule has 0 aliphatic carbocycles. The first-order chi connectivity index (χ1) is 22.6. The molecular formula is C36H43FN5O4P. The molecule has 47 heavy (non-hydrogen) atoms. The zero-order valence-electron chi connectivity index (χ0n) is 27.1. The van der Waals surface area contributed by atoms with E-state index in [9.17, 15) is 14.8 Å².